The second kappa shape index (κ2) is 7.04. The number of carbonyl (C=O) groups is 2. The number of methoxy groups -OCH3 is 2. The first-order chi connectivity index (χ1) is 12.4. The minimum atomic E-state index is -1.14. The molecule has 9 nitrogen and oxygen atoms in total. The largest absolute Gasteiger partial charge is 0.497 e. The van der Waals surface area contributed by atoms with Crippen molar-refractivity contribution in [1.29, 1.82) is 0 Å². The molecular weight excluding hydrogens is 342 g/mol. The van der Waals surface area contributed by atoms with Crippen LogP contribution in [0, 0.1) is 0 Å². The Morgan fingerprint density at radius 1 is 1.31 bits per heavy atom. The zero-order chi connectivity index (χ0) is 18.8. The topological polar surface area (TPSA) is 125 Å². The van der Waals surface area contributed by atoms with E-state index in [2.05, 4.69) is 9.97 Å². The van der Waals surface area contributed by atoms with Crippen LogP contribution in [-0.2, 0) is 24.3 Å². The lowest BCUT2D eigenvalue weighted by Gasteiger charge is -2.33. The first-order valence-corrected chi connectivity index (χ1v) is 7.90. The number of aromatic amines is 1. The number of aromatic carboxylic acids is 1. The summed E-state index contributed by atoms with van der Waals surface area (Å²) in [5.74, 6) is -1.43. The number of hydrogen-bond donors (Lipinski definition) is 3. The molecule has 0 saturated carbocycles. The summed E-state index contributed by atoms with van der Waals surface area (Å²) in [5.41, 5.74) is 1.96. The van der Waals surface area contributed by atoms with Crippen molar-refractivity contribution in [3.05, 3.63) is 41.0 Å². The number of fused-ring (bicyclic) bond motifs is 1. The number of ether oxygens (including phenoxy) is 2. The fourth-order valence-electron chi connectivity index (χ4n) is 3.17. The van der Waals surface area contributed by atoms with E-state index in [4.69, 9.17) is 9.47 Å². The van der Waals surface area contributed by atoms with Gasteiger partial charge in [-0.2, -0.15) is 0 Å². The maximum absolute atomic E-state index is 11.7. The molecule has 1 aromatic carbocycles. The summed E-state index contributed by atoms with van der Waals surface area (Å²) in [7, 11) is 2.87. The second-order valence-electron chi connectivity index (χ2n) is 5.95. The van der Waals surface area contributed by atoms with E-state index in [1.165, 1.54) is 26.6 Å². The van der Waals surface area contributed by atoms with Crippen LogP contribution in [-0.4, -0.2) is 57.3 Å². The lowest BCUT2D eigenvalue weighted by molar-refractivity contribution is -0.144. The molecule has 2 aromatic rings. The molecule has 0 aliphatic carbocycles. The van der Waals surface area contributed by atoms with Crippen LogP contribution in [0.15, 0.2) is 18.5 Å². The molecule has 1 aliphatic heterocycles. The third-order valence-corrected chi connectivity index (χ3v) is 4.51. The fraction of sp³-hybridized carbons (Fsp3) is 0.353. The first kappa shape index (κ1) is 17.7. The van der Waals surface area contributed by atoms with Crippen LogP contribution in [0.1, 0.15) is 27.3 Å². The number of hydrogen-bond acceptors (Lipinski definition) is 6. The van der Waals surface area contributed by atoms with Gasteiger partial charge < -0.3 is 24.7 Å². The van der Waals surface area contributed by atoms with Gasteiger partial charge in [-0.3, -0.25) is 9.69 Å². The van der Waals surface area contributed by atoms with Crippen molar-refractivity contribution in [3.8, 4) is 11.5 Å². The average Bonchev–Trinajstić information content (AvgIpc) is 3.08. The maximum atomic E-state index is 11.7. The number of aromatic nitrogens is 2. The van der Waals surface area contributed by atoms with Crippen molar-refractivity contribution in [2.75, 3.05) is 14.2 Å². The number of imidazole rings is 1. The number of carboxylic acid groups (broad SMARTS) is 2. The smallest absolute Gasteiger partial charge is 0.336 e. The summed E-state index contributed by atoms with van der Waals surface area (Å²) >= 11 is 0. The third kappa shape index (κ3) is 3.21. The molecule has 138 valence electrons. The van der Waals surface area contributed by atoms with E-state index < -0.39 is 18.0 Å². The third-order valence-electron chi connectivity index (χ3n) is 4.51. The summed E-state index contributed by atoms with van der Waals surface area (Å²) in [6.07, 6.45) is 1.78. The Morgan fingerprint density at radius 3 is 2.69 bits per heavy atom. The molecule has 26 heavy (non-hydrogen) atoms. The number of nitrogens with one attached hydrogen (secondary N) is 1. The van der Waals surface area contributed by atoms with Crippen LogP contribution in [0.25, 0.3) is 0 Å². The molecule has 0 radical (unpaired) electrons. The molecule has 3 rings (SSSR count). The molecule has 2 heterocycles. The molecule has 0 spiro atoms. The molecule has 0 bridgehead atoms. The van der Waals surface area contributed by atoms with Gasteiger partial charge in [0.2, 0.25) is 0 Å². The van der Waals surface area contributed by atoms with E-state index in [0.29, 0.717) is 29.3 Å². The Bertz CT molecular complexity index is 847. The van der Waals surface area contributed by atoms with Crippen LogP contribution < -0.4 is 9.47 Å². The van der Waals surface area contributed by atoms with E-state index in [0.717, 1.165) is 5.69 Å². The molecule has 3 N–H and O–H groups in total. The van der Waals surface area contributed by atoms with Gasteiger partial charge in [0.25, 0.3) is 0 Å². The Kier molecular flexibility index (Phi) is 4.81. The monoisotopic (exact) mass is 361 g/mol. The molecule has 9 heteroatoms. The molecule has 0 fully saturated rings. The van der Waals surface area contributed by atoms with Crippen molar-refractivity contribution in [3.63, 3.8) is 0 Å². The van der Waals surface area contributed by atoms with Crippen LogP contribution in [0.2, 0.25) is 0 Å². The number of H-pyrrole nitrogens is 1. The van der Waals surface area contributed by atoms with Gasteiger partial charge in [-0.15, -0.1) is 0 Å². The highest BCUT2D eigenvalue weighted by atomic mass is 16.5. The predicted molar refractivity (Wildman–Crippen MR) is 89.5 cm³/mol. The predicted octanol–water partition coefficient (Wildman–Crippen LogP) is 1.14. The van der Waals surface area contributed by atoms with E-state index >= 15 is 0 Å². The standard InChI is InChI=1S/C17H19N3O6/c1-25-9-3-10(16(21)22)11(15(4-9)26-2)6-20-7-13-12(18-8-19-13)5-14(20)17(23)24/h3-4,8,14H,5-7H2,1-2H3,(H,18,19)(H,21,22)(H,23,24)/t14-/m0/s1. The highest BCUT2D eigenvalue weighted by molar-refractivity contribution is 5.91. The summed E-state index contributed by atoms with van der Waals surface area (Å²) in [4.78, 5) is 32.3. The molecule has 0 unspecified atom stereocenters. The minimum Gasteiger partial charge on any atom is -0.497 e. The van der Waals surface area contributed by atoms with E-state index in [1.54, 1.807) is 11.0 Å². The highest BCUT2D eigenvalue weighted by Gasteiger charge is 2.34. The van der Waals surface area contributed by atoms with Gasteiger partial charge in [-0.1, -0.05) is 0 Å². The van der Waals surface area contributed by atoms with Gasteiger partial charge in [0.1, 0.15) is 17.5 Å². The molecule has 0 saturated heterocycles. The van der Waals surface area contributed by atoms with Gasteiger partial charge >= 0.3 is 11.9 Å². The van der Waals surface area contributed by atoms with Gasteiger partial charge in [-0.05, 0) is 6.07 Å². The Labute approximate surface area is 149 Å². The SMILES string of the molecule is COc1cc(OC)c(CN2Cc3[nH]cnc3C[C@H]2C(=O)O)c(C(=O)O)c1. The van der Waals surface area contributed by atoms with Crippen molar-refractivity contribution in [2.45, 2.75) is 25.6 Å². The molecule has 0 amide bonds. The zero-order valence-electron chi connectivity index (χ0n) is 14.4. The number of rotatable bonds is 6. The van der Waals surface area contributed by atoms with Crippen LogP contribution in [0.5, 0.6) is 11.5 Å². The lowest BCUT2D eigenvalue weighted by atomic mass is 9.99. The van der Waals surface area contributed by atoms with Gasteiger partial charge in [0, 0.05) is 31.1 Å². The quantitative estimate of drug-likeness (QED) is 0.699. The molecule has 1 atom stereocenters. The van der Waals surface area contributed by atoms with Crippen molar-refractivity contribution in [1.82, 2.24) is 14.9 Å². The molecular formula is C17H19N3O6. The normalized spacial score (nSPS) is 16.8. The first-order valence-electron chi connectivity index (χ1n) is 7.90. The fourth-order valence-corrected chi connectivity index (χ4v) is 3.17. The minimum absolute atomic E-state index is 0.0146. The molecule has 1 aliphatic rings. The van der Waals surface area contributed by atoms with Crippen LogP contribution in [0.4, 0.5) is 0 Å². The van der Waals surface area contributed by atoms with Crippen LogP contribution >= 0.6 is 0 Å². The number of aliphatic carboxylic acids is 1. The summed E-state index contributed by atoms with van der Waals surface area (Å²) in [6, 6.07) is 2.18. The zero-order valence-corrected chi connectivity index (χ0v) is 14.4. The van der Waals surface area contributed by atoms with Gasteiger partial charge in [-0.25, -0.2) is 9.78 Å². The van der Waals surface area contributed by atoms with E-state index in [9.17, 15) is 19.8 Å². The van der Waals surface area contributed by atoms with Gasteiger partial charge in [0.15, 0.2) is 0 Å². The Hall–Kier alpha value is -3.07. The Balaban J connectivity index is 2.01. The number of benzene rings is 1. The average molecular weight is 361 g/mol. The lowest BCUT2D eigenvalue weighted by Crippen LogP contribution is -2.45. The maximum Gasteiger partial charge on any atom is 0.336 e. The van der Waals surface area contributed by atoms with Gasteiger partial charge in [0.05, 0.1) is 37.5 Å². The number of carboxylic acids is 2. The Morgan fingerprint density at radius 2 is 2.08 bits per heavy atom. The molecule has 1 aromatic heterocycles. The van der Waals surface area contributed by atoms with Crippen molar-refractivity contribution >= 4 is 11.9 Å². The van der Waals surface area contributed by atoms with Crippen molar-refractivity contribution < 1.29 is 29.3 Å². The number of nitrogens with zero attached hydrogens (tertiary/aromatic N) is 2. The summed E-state index contributed by atoms with van der Waals surface area (Å²) in [6.45, 7) is 0.421. The van der Waals surface area contributed by atoms with E-state index in [1.807, 2.05) is 0 Å². The summed E-state index contributed by atoms with van der Waals surface area (Å²) < 4.78 is 10.5. The second-order valence-corrected chi connectivity index (χ2v) is 5.95. The van der Waals surface area contributed by atoms with Crippen molar-refractivity contribution in [2.24, 2.45) is 0 Å². The summed E-state index contributed by atoms with van der Waals surface area (Å²) in [5, 5.41) is 19.2. The van der Waals surface area contributed by atoms with E-state index in [-0.39, 0.29) is 18.5 Å². The van der Waals surface area contributed by atoms with Crippen LogP contribution in [0.3, 0.4) is 0 Å². The highest BCUT2D eigenvalue weighted by Crippen LogP contribution is 2.32.